The van der Waals surface area contributed by atoms with Crippen LogP contribution in [0.1, 0.15) is 44.9 Å². The van der Waals surface area contributed by atoms with Crippen LogP contribution >= 0.6 is 0 Å². The van der Waals surface area contributed by atoms with Crippen LogP contribution in [0.15, 0.2) is 12.2 Å². The van der Waals surface area contributed by atoms with E-state index in [1.54, 1.807) is 12.0 Å². The van der Waals surface area contributed by atoms with Crippen LogP contribution in [0, 0.1) is 17.3 Å². The first-order valence-corrected chi connectivity index (χ1v) is 5.49. The SMILES string of the molecule is C=C1CCCC12CC1CCC2C1. The van der Waals surface area contributed by atoms with Crippen molar-refractivity contribution in [2.45, 2.75) is 44.9 Å². The maximum atomic E-state index is 4.31. The lowest BCUT2D eigenvalue weighted by atomic mass is 9.70. The summed E-state index contributed by atoms with van der Waals surface area (Å²) in [6.07, 6.45) is 10.3. The normalized spacial score (nSPS) is 51.2. The smallest absolute Gasteiger partial charge is 0.00597 e. The highest BCUT2D eigenvalue weighted by Gasteiger charge is 2.53. The Morgan fingerprint density at radius 1 is 1.33 bits per heavy atom. The van der Waals surface area contributed by atoms with Crippen molar-refractivity contribution in [3.05, 3.63) is 12.2 Å². The van der Waals surface area contributed by atoms with E-state index in [4.69, 9.17) is 0 Å². The molecule has 3 atom stereocenters. The second kappa shape index (κ2) is 2.16. The summed E-state index contributed by atoms with van der Waals surface area (Å²) in [5, 5.41) is 0. The highest BCUT2D eigenvalue weighted by atomic mass is 14.6. The van der Waals surface area contributed by atoms with E-state index in [0.717, 1.165) is 11.8 Å². The fourth-order valence-corrected chi connectivity index (χ4v) is 4.23. The Balaban J connectivity index is 1.96. The third-order valence-corrected chi connectivity index (χ3v) is 4.78. The van der Waals surface area contributed by atoms with Gasteiger partial charge in [-0.1, -0.05) is 18.6 Å². The van der Waals surface area contributed by atoms with E-state index in [2.05, 4.69) is 6.58 Å². The van der Waals surface area contributed by atoms with Crippen molar-refractivity contribution in [1.29, 1.82) is 0 Å². The van der Waals surface area contributed by atoms with Gasteiger partial charge in [-0.2, -0.15) is 0 Å². The van der Waals surface area contributed by atoms with Crippen molar-refractivity contribution in [3.8, 4) is 0 Å². The third-order valence-electron chi connectivity index (χ3n) is 4.78. The molecule has 0 radical (unpaired) electrons. The molecule has 3 unspecified atom stereocenters. The molecule has 0 amide bonds. The number of rotatable bonds is 0. The molecule has 66 valence electrons. The zero-order valence-corrected chi connectivity index (χ0v) is 7.81. The Labute approximate surface area is 75.0 Å². The highest BCUT2D eigenvalue weighted by molar-refractivity contribution is 5.22. The van der Waals surface area contributed by atoms with Gasteiger partial charge in [0.2, 0.25) is 0 Å². The molecule has 12 heavy (non-hydrogen) atoms. The first kappa shape index (κ1) is 7.17. The zero-order valence-electron chi connectivity index (χ0n) is 7.81. The fraction of sp³-hybridized carbons (Fsp3) is 0.833. The van der Waals surface area contributed by atoms with Gasteiger partial charge in [0.15, 0.2) is 0 Å². The van der Waals surface area contributed by atoms with Gasteiger partial charge in [0.05, 0.1) is 0 Å². The molecule has 3 saturated carbocycles. The fourth-order valence-electron chi connectivity index (χ4n) is 4.23. The summed E-state index contributed by atoms with van der Waals surface area (Å²) in [4.78, 5) is 0. The van der Waals surface area contributed by atoms with E-state index in [-0.39, 0.29) is 0 Å². The molecular weight excluding hydrogens is 144 g/mol. The van der Waals surface area contributed by atoms with Gasteiger partial charge < -0.3 is 0 Å². The standard InChI is InChI=1S/C12H18/c1-9-3-2-6-12(9)8-10-4-5-11(12)7-10/h10-11H,1-8H2. The quantitative estimate of drug-likeness (QED) is 0.478. The van der Waals surface area contributed by atoms with Crippen LogP contribution in [-0.4, -0.2) is 0 Å². The first-order chi connectivity index (χ1) is 5.81. The Morgan fingerprint density at radius 3 is 2.75 bits per heavy atom. The van der Waals surface area contributed by atoms with Gasteiger partial charge in [-0.25, -0.2) is 0 Å². The Kier molecular flexibility index (Phi) is 1.29. The van der Waals surface area contributed by atoms with Crippen LogP contribution in [0.2, 0.25) is 0 Å². The molecule has 0 N–H and O–H groups in total. The highest BCUT2D eigenvalue weighted by Crippen LogP contribution is 2.64. The average Bonchev–Trinajstić information content (AvgIpc) is 2.69. The van der Waals surface area contributed by atoms with E-state index in [9.17, 15) is 0 Å². The summed E-state index contributed by atoms with van der Waals surface area (Å²) < 4.78 is 0. The third kappa shape index (κ3) is 0.694. The Bertz CT molecular complexity index is 228. The van der Waals surface area contributed by atoms with Gasteiger partial charge >= 0.3 is 0 Å². The lowest BCUT2D eigenvalue weighted by Crippen LogP contribution is -2.25. The summed E-state index contributed by atoms with van der Waals surface area (Å²) in [5.74, 6) is 2.14. The van der Waals surface area contributed by atoms with E-state index >= 15 is 0 Å². The van der Waals surface area contributed by atoms with Gasteiger partial charge in [-0.15, -0.1) is 0 Å². The molecule has 0 nitrogen and oxygen atoms in total. The molecule has 0 heteroatoms. The second-order valence-electron chi connectivity index (χ2n) is 5.19. The molecule has 0 aromatic heterocycles. The lowest BCUT2D eigenvalue weighted by Gasteiger charge is -2.35. The van der Waals surface area contributed by atoms with Crippen molar-refractivity contribution < 1.29 is 0 Å². The van der Waals surface area contributed by atoms with E-state index in [1.807, 2.05) is 0 Å². The monoisotopic (exact) mass is 162 g/mol. The maximum Gasteiger partial charge on any atom is -0.00597 e. The largest absolute Gasteiger partial charge is 0.0993 e. The molecule has 3 aliphatic rings. The molecule has 0 aromatic carbocycles. The summed E-state index contributed by atoms with van der Waals surface area (Å²) in [5.41, 5.74) is 2.29. The zero-order chi connectivity index (χ0) is 8.18. The molecule has 0 aromatic rings. The maximum absolute atomic E-state index is 4.31. The molecule has 3 aliphatic carbocycles. The molecule has 1 spiro atoms. The molecule has 3 rings (SSSR count). The topological polar surface area (TPSA) is 0 Å². The average molecular weight is 162 g/mol. The van der Waals surface area contributed by atoms with Crippen LogP contribution in [0.25, 0.3) is 0 Å². The van der Waals surface area contributed by atoms with Gasteiger partial charge in [0, 0.05) is 0 Å². The number of hydrogen-bond donors (Lipinski definition) is 0. The van der Waals surface area contributed by atoms with Gasteiger partial charge in [-0.05, 0) is 55.8 Å². The van der Waals surface area contributed by atoms with Gasteiger partial charge in [0.25, 0.3) is 0 Å². The van der Waals surface area contributed by atoms with Crippen LogP contribution < -0.4 is 0 Å². The summed E-state index contributed by atoms with van der Waals surface area (Å²) in [6, 6.07) is 0. The summed E-state index contributed by atoms with van der Waals surface area (Å²) in [7, 11) is 0. The minimum atomic E-state index is 0.670. The Morgan fingerprint density at radius 2 is 2.25 bits per heavy atom. The predicted molar refractivity (Wildman–Crippen MR) is 50.9 cm³/mol. The van der Waals surface area contributed by atoms with Gasteiger partial charge in [-0.3, -0.25) is 0 Å². The van der Waals surface area contributed by atoms with Crippen LogP contribution in [0.5, 0.6) is 0 Å². The van der Waals surface area contributed by atoms with Crippen molar-refractivity contribution in [2.75, 3.05) is 0 Å². The molecular formula is C12H18. The van der Waals surface area contributed by atoms with Crippen molar-refractivity contribution >= 4 is 0 Å². The summed E-state index contributed by atoms with van der Waals surface area (Å²) in [6.45, 7) is 4.31. The van der Waals surface area contributed by atoms with Gasteiger partial charge in [0.1, 0.15) is 0 Å². The van der Waals surface area contributed by atoms with E-state index in [0.29, 0.717) is 5.41 Å². The summed E-state index contributed by atoms with van der Waals surface area (Å²) >= 11 is 0. The molecule has 0 saturated heterocycles. The molecule has 0 heterocycles. The van der Waals surface area contributed by atoms with Crippen molar-refractivity contribution in [3.63, 3.8) is 0 Å². The number of hydrogen-bond acceptors (Lipinski definition) is 0. The van der Waals surface area contributed by atoms with E-state index < -0.39 is 0 Å². The van der Waals surface area contributed by atoms with Crippen LogP contribution in [0.3, 0.4) is 0 Å². The molecule has 0 aliphatic heterocycles. The predicted octanol–water partition coefficient (Wildman–Crippen LogP) is 3.53. The van der Waals surface area contributed by atoms with Crippen molar-refractivity contribution in [1.82, 2.24) is 0 Å². The second-order valence-corrected chi connectivity index (χ2v) is 5.19. The lowest BCUT2D eigenvalue weighted by molar-refractivity contribution is 0.221. The first-order valence-electron chi connectivity index (χ1n) is 5.49. The minimum Gasteiger partial charge on any atom is -0.0993 e. The number of allylic oxidation sites excluding steroid dienone is 1. The molecule has 3 fully saturated rings. The van der Waals surface area contributed by atoms with Crippen LogP contribution in [0.4, 0.5) is 0 Å². The van der Waals surface area contributed by atoms with Crippen molar-refractivity contribution in [2.24, 2.45) is 17.3 Å². The van der Waals surface area contributed by atoms with E-state index in [1.165, 1.54) is 38.5 Å². The number of fused-ring (bicyclic) bond motifs is 3. The Hall–Kier alpha value is -0.260. The minimum absolute atomic E-state index is 0.670. The molecule has 2 bridgehead atoms. The van der Waals surface area contributed by atoms with Crippen LogP contribution in [-0.2, 0) is 0 Å².